The summed E-state index contributed by atoms with van der Waals surface area (Å²) in [7, 11) is -9.24. The topological polar surface area (TPSA) is 27.8 Å². The average Bonchev–Trinajstić information content (AvgIpc) is 4.06. The molecular formula is C51H58N2SiTi. The van der Waals surface area contributed by atoms with E-state index >= 15 is 0 Å². The molecule has 0 spiro atoms. The van der Waals surface area contributed by atoms with Crippen LogP contribution in [0.3, 0.4) is 0 Å². The van der Waals surface area contributed by atoms with Gasteiger partial charge in [0.15, 0.2) is 0 Å². The second-order valence-electron chi connectivity index (χ2n) is 21.2. The van der Waals surface area contributed by atoms with Crippen LogP contribution in [0, 0.1) is 0 Å². The van der Waals surface area contributed by atoms with Gasteiger partial charge in [-0.05, 0) is 0 Å². The minimum absolute atomic E-state index is 0.565. The summed E-state index contributed by atoms with van der Waals surface area (Å²) in [5.41, 5.74) is 1.74. The molecule has 0 saturated carbocycles. The number of rotatable bonds is 10. The first-order valence-corrected chi connectivity index (χ1v) is 33.7. The summed E-state index contributed by atoms with van der Waals surface area (Å²) in [6.07, 6.45) is 16.0. The Hall–Kier alpha value is -4.77. The van der Waals surface area contributed by atoms with Gasteiger partial charge in [0.25, 0.3) is 0 Å². The van der Waals surface area contributed by atoms with Crippen molar-refractivity contribution in [3.05, 3.63) is 214 Å². The summed E-state index contributed by atoms with van der Waals surface area (Å²) in [5.74, 6) is 0. The summed E-state index contributed by atoms with van der Waals surface area (Å²) in [4.78, 5) is 3.64. The zero-order valence-electron chi connectivity index (χ0n) is 33.5. The zero-order valence-corrected chi connectivity index (χ0v) is 36.3. The molecule has 0 saturated heterocycles. The molecule has 0 aliphatic heterocycles. The molecule has 2 nitrogen and oxygen atoms in total. The molecule has 1 heterocycles. The number of benzene rings is 5. The van der Waals surface area contributed by atoms with Crippen molar-refractivity contribution < 1.29 is 8.41 Å². The van der Waals surface area contributed by atoms with E-state index in [1.807, 2.05) is 0 Å². The van der Waals surface area contributed by atoms with Gasteiger partial charge in [-0.25, -0.2) is 0 Å². The van der Waals surface area contributed by atoms with Gasteiger partial charge in [0.2, 0.25) is 0 Å². The van der Waals surface area contributed by atoms with Crippen LogP contribution in [-0.2, 0) is 8.41 Å². The summed E-state index contributed by atoms with van der Waals surface area (Å²) >= 11 is 0. The van der Waals surface area contributed by atoms with Gasteiger partial charge in [0.05, 0.1) is 0 Å². The number of hydrogen-bond donors (Lipinski definition) is 2. The molecule has 0 unspecified atom stereocenters. The van der Waals surface area contributed by atoms with Crippen LogP contribution >= 0.6 is 0 Å². The molecule has 8 rings (SSSR count). The van der Waals surface area contributed by atoms with E-state index in [1.54, 1.807) is 0 Å². The molecular weight excluding hydrogens is 717 g/mol. The molecule has 280 valence electrons. The molecule has 0 amide bonds. The normalized spacial score (nSPS) is 19.7. The predicted molar refractivity (Wildman–Crippen MR) is 241 cm³/mol. The van der Waals surface area contributed by atoms with Crippen molar-refractivity contribution in [1.29, 1.82) is 0 Å². The standard InChI is InChI=1S/C9H8N.5C6H5.C5H5.C4H10N.C2H7Si.CH3.Ti/c1-2-5-8(4-1)9-6-3-7-10-9;5*1-2-4-6-5-3-1;1-2-4-5-3-1;1-4(2,3)5;1-3-2;;/h3-7,10H,1H2;5*1-5H;1-3H,4H2;5H,1-3H3;3H,1-2H3;1H3;/q;;;;;;;-1;;;+1. The second-order valence-corrected chi connectivity index (χ2v) is 69.5. The molecule has 2 aliphatic carbocycles. The maximum atomic E-state index is 5.42. The quantitative estimate of drug-likeness (QED) is 0.133. The van der Waals surface area contributed by atoms with Gasteiger partial charge < -0.3 is 0 Å². The third-order valence-electron chi connectivity index (χ3n) is 20.9. The SMILES string of the molecule is C[SiH](C)[Ti]([CH3])([NH]C(C)(C)C)([C]1=CC=CC1)([C]1=CC(c2ccc[nH]2)=CC1)([c]1ccccc1)([c]1ccccc1)([c]1ccccc1)([c]1ccccc1)[c]1ccccc1. The van der Waals surface area contributed by atoms with Crippen LogP contribution in [0.1, 0.15) is 39.3 Å². The number of allylic oxidation sites excluding steroid dienone is 8. The van der Waals surface area contributed by atoms with Gasteiger partial charge in [-0.3, -0.25) is 0 Å². The van der Waals surface area contributed by atoms with Gasteiger partial charge in [0.1, 0.15) is 0 Å². The Labute approximate surface area is 318 Å². The molecule has 4 heteroatoms. The van der Waals surface area contributed by atoms with Crippen LogP contribution < -0.4 is 23.1 Å². The molecule has 0 radical (unpaired) electrons. The molecule has 2 N–H and O–H groups in total. The van der Waals surface area contributed by atoms with Gasteiger partial charge in [0, 0.05) is 0 Å². The molecule has 0 atom stereocenters. The Kier molecular flexibility index (Phi) is 6.04. The van der Waals surface area contributed by atoms with Crippen molar-refractivity contribution in [1.82, 2.24) is 8.78 Å². The van der Waals surface area contributed by atoms with Crippen LogP contribution in [0.2, 0.25) is 18.3 Å². The van der Waals surface area contributed by atoms with Crippen molar-refractivity contribution in [2.75, 3.05) is 0 Å². The Morgan fingerprint density at radius 2 is 0.964 bits per heavy atom. The van der Waals surface area contributed by atoms with E-state index in [2.05, 4.69) is 244 Å². The molecule has 6 aromatic rings. The average molecular weight is 775 g/mol. The Morgan fingerprint density at radius 1 is 0.545 bits per heavy atom. The molecule has 0 fully saturated rings. The van der Waals surface area contributed by atoms with E-state index in [0.717, 1.165) is 5.69 Å². The van der Waals surface area contributed by atoms with E-state index in [4.69, 9.17) is 3.80 Å². The van der Waals surface area contributed by atoms with Crippen molar-refractivity contribution in [2.24, 2.45) is 0 Å². The third-order valence-corrected chi connectivity index (χ3v) is 104. The first-order chi connectivity index (χ1) is 26.2. The number of aromatic nitrogens is 1. The van der Waals surface area contributed by atoms with Crippen LogP contribution in [0.4, 0.5) is 0 Å². The first kappa shape index (κ1) is 37.2. The number of H-pyrrole nitrogens is 1. The fourth-order valence-corrected chi connectivity index (χ4v) is 95.5. The first-order valence-electron chi connectivity index (χ1n) is 20.3. The fraction of sp³-hybridized carbons (Fsp3) is 0.176. The van der Waals surface area contributed by atoms with E-state index in [0.29, 0.717) is 12.8 Å². The van der Waals surface area contributed by atoms with Crippen LogP contribution in [0.5, 0.6) is 0 Å². The van der Waals surface area contributed by atoms with E-state index in [-0.39, 0.29) is 0 Å². The minimum atomic E-state index is -9.24. The summed E-state index contributed by atoms with van der Waals surface area (Å²) < 4.78 is 14.6. The number of aromatic amines is 1. The van der Waals surface area contributed by atoms with E-state index in [1.165, 1.54) is 32.7 Å². The van der Waals surface area contributed by atoms with Crippen molar-refractivity contribution in [3.8, 4) is 0 Å². The van der Waals surface area contributed by atoms with Crippen LogP contribution in [0.25, 0.3) is 5.57 Å². The molecule has 55 heavy (non-hydrogen) atoms. The molecule has 5 aromatic carbocycles. The van der Waals surface area contributed by atoms with Gasteiger partial charge >= 0.3 is 320 Å². The number of hydrogen-bond acceptors (Lipinski definition) is 1. The molecule has 0 bridgehead atoms. The van der Waals surface area contributed by atoms with Gasteiger partial charge in [-0.15, -0.1) is 0 Å². The molecule has 1 aromatic heterocycles. The predicted octanol–water partition coefficient (Wildman–Crippen LogP) is 9.86. The monoisotopic (exact) mass is 774 g/mol. The summed E-state index contributed by atoms with van der Waals surface area (Å²) in [5, 5.41) is 2.91. The van der Waals surface area contributed by atoms with Gasteiger partial charge in [-0.2, -0.15) is 0 Å². The van der Waals surface area contributed by atoms with E-state index in [9.17, 15) is 0 Å². The zero-order chi connectivity index (χ0) is 38.8. The third kappa shape index (κ3) is 2.31. The fourth-order valence-electron chi connectivity index (χ4n) is 18.6. The Balaban J connectivity index is 2.17. The van der Waals surface area contributed by atoms with Crippen LogP contribution in [0.15, 0.2) is 208 Å². The summed E-state index contributed by atoms with van der Waals surface area (Å²) in [6.45, 7) is 9.80. The Bertz CT molecular complexity index is 2500. The number of nitrogens with one attached hydrogen (secondary N) is 2. The maximum absolute atomic E-state index is 9.24. The molecule has 2 aliphatic rings. The van der Waals surface area contributed by atoms with Crippen LogP contribution in [-0.4, -0.2) is 17.2 Å². The summed E-state index contributed by atoms with van der Waals surface area (Å²) in [6, 6.07) is 63.8. The van der Waals surface area contributed by atoms with Crippen molar-refractivity contribution >= 4 is 31.6 Å². The van der Waals surface area contributed by atoms with E-state index < -0.39 is 20.6 Å². The van der Waals surface area contributed by atoms with Gasteiger partial charge in [-0.1, -0.05) is 0 Å². The Morgan fingerprint density at radius 3 is 1.27 bits per heavy atom. The van der Waals surface area contributed by atoms with Crippen molar-refractivity contribution in [2.45, 2.75) is 57.5 Å². The second kappa shape index (κ2) is 8.93. The van der Waals surface area contributed by atoms with Crippen molar-refractivity contribution in [3.63, 3.8) is 0 Å².